The van der Waals surface area contributed by atoms with E-state index in [0.717, 1.165) is 4.88 Å². The molecular weight excluding hydrogens is 284 g/mol. The highest BCUT2D eigenvalue weighted by molar-refractivity contribution is 7.99. The number of hydrogen-bond acceptors (Lipinski definition) is 6. The molecule has 2 aromatic rings. The van der Waals surface area contributed by atoms with Gasteiger partial charge in [-0.2, -0.15) is 4.98 Å². The molecule has 0 radical (unpaired) electrons. The lowest BCUT2D eigenvalue weighted by Gasteiger charge is -2.13. The standard InChI is InChI=1S/C12H14N2O3S2/c1-7(2)10(12(15)16)19-6-9-13-11(14-17-9)8-4-3-5-18-8/h3-5,7,10H,6H2,1-2H3,(H,15,16). The number of thiophene rings is 1. The first-order valence-electron chi connectivity index (χ1n) is 5.79. The van der Waals surface area contributed by atoms with Crippen molar-refractivity contribution in [3.63, 3.8) is 0 Å². The molecule has 5 nitrogen and oxygen atoms in total. The minimum atomic E-state index is -0.807. The van der Waals surface area contributed by atoms with E-state index in [2.05, 4.69) is 10.1 Å². The van der Waals surface area contributed by atoms with Crippen LogP contribution in [0.25, 0.3) is 10.7 Å². The summed E-state index contributed by atoms with van der Waals surface area (Å²) in [7, 11) is 0. The smallest absolute Gasteiger partial charge is 0.316 e. The molecule has 2 rings (SSSR count). The molecule has 0 aromatic carbocycles. The highest BCUT2D eigenvalue weighted by atomic mass is 32.2. The Morgan fingerprint density at radius 1 is 1.58 bits per heavy atom. The van der Waals surface area contributed by atoms with E-state index >= 15 is 0 Å². The second-order valence-corrected chi connectivity index (χ2v) is 6.38. The normalized spacial score (nSPS) is 12.8. The second-order valence-electron chi connectivity index (χ2n) is 4.30. The van der Waals surface area contributed by atoms with Crippen LogP contribution in [0.2, 0.25) is 0 Å². The number of carboxylic acid groups (broad SMARTS) is 1. The lowest BCUT2D eigenvalue weighted by molar-refractivity contribution is -0.137. The van der Waals surface area contributed by atoms with Crippen molar-refractivity contribution in [3.8, 4) is 10.7 Å². The topological polar surface area (TPSA) is 76.2 Å². The zero-order valence-electron chi connectivity index (χ0n) is 10.6. The Bertz CT molecular complexity index is 537. The average molecular weight is 298 g/mol. The van der Waals surface area contributed by atoms with Crippen LogP contribution in [0.4, 0.5) is 0 Å². The predicted molar refractivity (Wildman–Crippen MR) is 75.2 cm³/mol. The van der Waals surface area contributed by atoms with Gasteiger partial charge in [-0.3, -0.25) is 4.79 Å². The third-order valence-electron chi connectivity index (χ3n) is 2.44. The molecule has 0 aliphatic rings. The summed E-state index contributed by atoms with van der Waals surface area (Å²) in [4.78, 5) is 16.3. The molecule has 2 aromatic heterocycles. The molecule has 0 fully saturated rings. The molecule has 0 aliphatic heterocycles. The van der Waals surface area contributed by atoms with Crippen LogP contribution < -0.4 is 0 Å². The van der Waals surface area contributed by atoms with E-state index in [1.165, 1.54) is 23.1 Å². The fourth-order valence-electron chi connectivity index (χ4n) is 1.53. The van der Waals surface area contributed by atoms with E-state index in [4.69, 9.17) is 9.63 Å². The van der Waals surface area contributed by atoms with E-state index in [1.807, 2.05) is 31.4 Å². The fourth-order valence-corrected chi connectivity index (χ4v) is 3.15. The van der Waals surface area contributed by atoms with Crippen molar-refractivity contribution in [2.75, 3.05) is 0 Å². The van der Waals surface area contributed by atoms with E-state index < -0.39 is 11.2 Å². The molecule has 19 heavy (non-hydrogen) atoms. The average Bonchev–Trinajstić information content (AvgIpc) is 2.98. The Hall–Kier alpha value is -1.34. The van der Waals surface area contributed by atoms with E-state index in [1.54, 1.807) is 0 Å². The van der Waals surface area contributed by atoms with Crippen LogP contribution in [0, 0.1) is 5.92 Å². The van der Waals surface area contributed by atoms with Crippen molar-refractivity contribution < 1.29 is 14.4 Å². The van der Waals surface area contributed by atoms with Gasteiger partial charge in [0.05, 0.1) is 10.6 Å². The molecule has 102 valence electrons. The fraction of sp³-hybridized carbons (Fsp3) is 0.417. The summed E-state index contributed by atoms with van der Waals surface area (Å²) in [5, 5.41) is 14.5. The molecule has 0 saturated carbocycles. The molecule has 7 heteroatoms. The van der Waals surface area contributed by atoms with Gasteiger partial charge >= 0.3 is 5.97 Å². The van der Waals surface area contributed by atoms with Crippen LogP contribution in [-0.2, 0) is 10.5 Å². The van der Waals surface area contributed by atoms with Gasteiger partial charge in [0.15, 0.2) is 0 Å². The van der Waals surface area contributed by atoms with Gasteiger partial charge < -0.3 is 9.63 Å². The summed E-state index contributed by atoms with van der Waals surface area (Å²) < 4.78 is 5.13. The van der Waals surface area contributed by atoms with Gasteiger partial charge in [0, 0.05) is 0 Å². The number of carbonyl (C=O) groups is 1. The summed E-state index contributed by atoms with van der Waals surface area (Å²) in [5.74, 6) is 0.676. The number of aliphatic carboxylic acids is 1. The number of carboxylic acids is 1. The van der Waals surface area contributed by atoms with Crippen LogP contribution in [0.5, 0.6) is 0 Å². The van der Waals surface area contributed by atoms with Crippen molar-refractivity contribution in [1.29, 1.82) is 0 Å². The number of rotatable bonds is 6. The van der Waals surface area contributed by atoms with Gasteiger partial charge in [0.1, 0.15) is 5.25 Å². The van der Waals surface area contributed by atoms with Gasteiger partial charge in [-0.25, -0.2) is 0 Å². The SMILES string of the molecule is CC(C)C(SCc1nc(-c2cccs2)no1)C(=O)O. The Morgan fingerprint density at radius 3 is 2.95 bits per heavy atom. The molecule has 1 atom stereocenters. The quantitative estimate of drug-likeness (QED) is 0.883. The summed E-state index contributed by atoms with van der Waals surface area (Å²) in [5.41, 5.74) is 0. The van der Waals surface area contributed by atoms with Gasteiger partial charge in [-0.1, -0.05) is 25.1 Å². The number of hydrogen-bond donors (Lipinski definition) is 1. The van der Waals surface area contributed by atoms with E-state index in [9.17, 15) is 4.79 Å². The zero-order chi connectivity index (χ0) is 13.8. The number of nitrogens with zero attached hydrogens (tertiary/aromatic N) is 2. The molecule has 0 saturated heterocycles. The monoisotopic (exact) mass is 298 g/mol. The van der Waals surface area contributed by atoms with Crippen molar-refractivity contribution in [1.82, 2.24) is 10.1 Å². The van der Waals surface area contributed by atoms with Crippen LogP contribution in [0.15, 0.2) is 22.0 Å². The molecule has 0 amide bonds. The van der Waals surface area contributed by atoms with E-state index in [-0.39, 0.29) is 5.92 Å². The zero-order valence-corrected chi connectivity index (χ0v) is 12.2. The number of aromatic nitrogens is 2. The lowest BCUT2D eigenvalue weighted by atomic mass is 10.1. The van der Waals surface area contributed by atoms with Crippen molar-refractivity contribution in [3.05, 3.63) is 23.4 Å². The predicted octanol–water partition coefficient (Wildman–Crippen LogP) is 3.14. The third kappa shape index (κ3) is 3.57. The summed E-state index contributed by atoms with van der Waals surface area (Å²) in [6, 6.07) is 3.84. The molecule has 0 spiro atoms. The maximum Gasteiger partial charge on any atom is 0.316 e. The second kappa shape index (κ2) is 6.21. The lowest BCUT2D eigenvalue weighted by Crippen LogP contribution is -2.22. The van der Waals surface area contributed by atoms with Crippen LogP contribution in [0.1, 0.15) is 19.7 Å². The number of thioether (sulfide) groups is 1. The molecule has 0 bridgehead atoms. The summed E-state index contributed by atoms with van der Waals surface area (Å²) >= 11 is 2.85. The minimum absolute atomic E-state index is 0.0576. The Kier molecular flexibility index (Phi) is 4.60. The van der Waals surface area contributed by atoms with Crippen LogP contribution >= 0.6 is 23.1 Å². The van der Waals surface area contributed by atoms with Gasteiger partial charge in [0.25, 0.3) is 0 Å². The minimum Gasteiger partial charge on any atom is -0.480 e. The Morgan fingerprint density at radius 2 is 2.37 bits per heavy atom. The largest absolute Gasteiger partial charge is 0.480 e. The Labute approximate surface area is 119 Å². The highest BCUT2D eigenvalue weighted by Gasteiger charge is 2.23. The first-order valence-corrected chi connectivity index (χ1v) is 7.71. The molecular formula is C12H14N2O3S2. The van der Waals surface area contributed by atoms with E-state index in [0.29, 0.717) is 17.5 Å². The summed E-state index contributed by atoms with van der Waals surface area (Å²) in [6.07, 6.45) is 0. The van der Waals surface area contributed by atoms with Crippen LogP contribution in [-0.4, -0.2) is 26.5 Å². The first kappa shape index (κ1) is 14.1. The molecule has 1 N–H and O–H groups in total. The maximum atomic E-state index is 11.1. The van der Waals surface area contributed by atoms with Crippen molar-refractivity contribution in [2.45, 2.75) is 24.9 Å². The van der Waals surface area contributed by atoms with Crippen LogP contribution in [0.3, 0.4) is 0 Å². The van der Waals surface area contributed by atoms with Gasteiger partial charge in [0.2, 0.25) is 11.7 Å². The van der Waals surface area contributed by atoms with Crippen molar-refractivity contribution >= 4 is 29.1 Å². The van der Waals surface area contributed by atoms with Gasteiger partial charge in [-0.05, 0) is 17.4 Å². The first-order chi connectivity index (χ1) is 9.08. The molecule has 1 unspecified atom stereocenters. The van der Waals surface area contributed by atoms with Crippen molar-refractivity contribution in [2.24, 2.45) is 5.92 Å². The highest BCUT2D eigenvalue weighted by Crippen LogP contribution is 2.26. The maximum absolute atomic E-state index is 11.1. The summed E-state index contributed by atoms with van der Waals surface area (Å²) in [6.45, 7) is 3.77. The molecule has 0 aliphatic carbocycles. The van der Waals surface area contributed by atoms with Gasteiger partial charge in [-0.15, -0.1) is 23.1 Å². The Balaban J connectivity index is 1.99. The molecule has 2 heterocycles. The third-order valence-corrected chi connectivity index (χ3v) is 4.83.